The molecule has 0 bridgehead atoms. The lowest BCUT2D eigenvalue weighted by Crippen LogP contribution is -2.34. The maximum absolute atomic E-state index is 12.8. The maximum atomic E-state index is 12.8. The first-order chi connectivity index (χ1) is 12.1. The van der Waals surface area contributed by atoms with E-state index in [-0.39, 0.29) is 17.4 Å². The van der Waals surface area contributed by atoms with Gasteiger partial charge >= 0.3 is 5.97 Å². The largest absolute Gasteiger partial charge is 0.443 e. The first-order valence-corrected chi connectivity index (χ1v) is 8.30. The van der Waals surface area contributed by atoms with Gasteiger partial charge in [0.05, 0.1) is 0 Å². The lowest BCUT2D eigenvalue weighted by Gasteiger charge is -2.23. The molecule has 0 aliphatic carbocycles. The number of esters is 1. The summed E-state index contributed by atoms with van der Waals surface area (Å²) < 4.78 is 5.52. The number of ether oxygens (including phenoxy) is 1. The number of Topliss-reactive ketones (excluding diaryl/α,β-unsaturated/α-hetero) is 1. The Morgan fingerprint density at radius 2 is 1.80 bits per heavy atom. The van der Waals surface area contributed by atoms with Crippen molar-refractivity contribution in [2.24, 2.45) is 0 Å². The van der Waals surface area contributed by atoms with Crippen molar-refractivity contribution < 1.29 is 19.1 Å². The highest BCUT2D eigenvalue weighted by molar-refractivity contribution is 5.98. The molecule has 0 radical (unpaired) electrons. The number of hydrogen-bond donors (Lipinski definition) is 1. The van der Waals surface area contributed by atoms with E-state index in [9.17, 15) is 14.4 Å². The van der Waals surface area contributed by atoms with E-state index in [1.807, 2.05) is 6.07 Å². The first kappa shape index (κ1) is 17.0. The Bertz CT molecular complexity index is 776. The molecule has 1 saturated heterocycles. The first-order valence-electron chi connectivity index (χ1n) is 8.30. The van der Waals surface area contributed by atoms with E-state index < -0.39 is 12.1 Å². The topological polar surface area (TPSA) is 79.5 Å². The van der Waals surface area contributed by atoms with Gasteiger partial charge in [0, 0.05) is 30.4 Å². The van der Waals surface area contributed by atoms with Gasteiger partial charge in [-0.05, 0) is 25.8 Å². The molecule has 0 spiro atoms. The average molecular weight is 340 g/mol. The molecule has 1 aromatic carbocycles. The monoisotopic (exact) mass is 340 g/mol. The van der Waals surface area contributed by atoms with Gasteiger partial charge < -0.3 is 14.6 Å². The van der Waals surface area contributed by atoms with Crippen molar-refractivity contribution in [2.75, 3.05) is 13.1 Å². The zero-order valence-corrected chi connectivity index (χ0v) is 14.0. The van der Waals surface area contributed by atoms with Gasteiger partial charge in [0.1, 0.15) is 5.69 Å². The van der Waals surface area contributed by atoms with Crippen molar-refractivity contribution in [1.29, 1.82) is 0 Å². The molecule has 3 rings (SSSR count). The van der Waals surface area contributed by atoms with Gasteiger partial charge in [-0.3, -0.25) is 9.59 Å². The number of likely N-dealkylation sites (tertiary alicyclic amines) is 1. The normalized spacial score (nSPS) is 15.0. The second-order valence-corrected chi connectivity index (χ2v) is 6.09. The van der Waals surface area contributed by atoms with Gasteiger partial charge in [0.2, 0.25) is 6.10 Å². The summed E-state index contributed by atoms with van der Waals surface area (Å²) in [6.07, 6.45) is 2.38. The number of amides is 1. The number of hydrogen-bond acceptors (Lipinski definition) is 4. The summed E-state index contributed by atoms with van der Waals surface area (Å²) in [5.41, 5.74) is 1.18. The molecule has 1 N–H and O–H groups in total. The summed E-state index contributed by atoms with van der Waals surface area (Å²) in [5, 5.41) is 0. The molecule has 1 fully saturated rings. The predicted molar refractivity (Wildman–Crippen MR) is 91.2 cm³/mol. The Morgan fingerprint density at radius 1 is 1.12 bits per heavy atom. The number of carbonyl (C=O) groups is 3. The van der Waals surface area contributed by atoms with E-state index in [0.29, 0.717) is 24.2 Å². The van der Waals surface area contributed by atoms with Crippen LogP contribution in [0.15, 0.2) is 42.6 Å². The molecule has 0 saturated carbocycles. The standard InChI is InChI=1S/C19H20N2O4/c1-13(22)15-11-16(20-12-15)19(24)25-17(14-7-3-2-4-8-14)18(23)21-9-5-6-10-21/h2-4,7-8,11-12,17,20H,5-6,9-10H2,1H3/t17-/m0/s1. The smallest absolute Gasteiger partial charge is 0.355 e. The minimum absolute atomic E-state index is 0.150. The van der Waals surface area contributed by atoms with E-state index in [1.165, 1.54) is 19.2 Å². The van der Waals surface area contributed by atoms with Crippen LogP contribution in [0.2, 0.25) is 0 Å². The highest BCUT2D eigenvalue weighted by Gasteiger charge is 2.31. The Labute approximate surface area is 145 Å². The van der Waals surface area contributed by atoms with Crippen molar-refractivity contribution in [2.45, 2.75) is 25.9 Å². The van der Waals surface area contributed by atoms with Crippen LogP contribution in [0.5, 0.6) is 0 Å². The quantitative estimate of drug-likeness (QED) is 0.670. The Morgan fingerprint density at radius 3 is 2.40 bits per heavy atom. The highest BCUT2D eigenvalue weighted by atomic mass is 16.5. The van der Waals surface area contributed by atoms with E-state index >= 15 is 0 Å². The fraction of sp³-hybridized carbons (Fsp3) is 0.316. The number of nitrogens with zero attached hydrogens (tertiary/aromatic N) is 1. The summed E-state index contributed by atoms with van der Waals surface area (Å²) in [7, 11) is 0. The molecular formula is C19H20N2O4. The lowest BCUT2D eigenvalue weighted by atomic mass is 10.1. The van der Waals surface area contributed by atoms with Crippen LogP contribution in [0.25, 0.3) is 0 Å². The van der Waals surface area contributed by atoms with Gasteiger partial charge in [-0.2, -0.15) is 0 Å². The summed E-state index contributed by atoms with van der Waals surface area (Å²) in [6, 6.07) is 10.4. The summed E-state index contributed by atoms with van der Waals surface area (Å²) in [5.74, 6) is -1.02. The second kappa shape index (κ2) is 7.34. The molecule has 130 valence electrons. The minimum atomic E-state index is -0.990. The lowest BCUT2D eigenvalue weighted by molar-refractivity contribution is -0.140. The van der Waals surface area contributed by atoms with Gasteiger partial charge in [0.25, 0.3) is 5.91 Å². The van der Waals surface area contributed by atoms with Crippen molar-refractivity contribution in [3.8, 4) is 0 Å². The molecular weight excluding hydrogens is 320 g/mol. The molecule has 6 heteroatoms. The van der Waals surface area contributed by atoms with Gasteiger partial charge in [-0.25, -0.2) is 4.79 Å². The molecule has 0 unspecified atom stereocenters. The second-order valence-electron chi connectivity index (χ2n) is 6.09. The van der Waals surface area contributed by atoms with Crippen molar-refractivity contribution in [3.63, 3.8) is 0 Å². The van der Waals surface area contributed by atoms with E-state index in [2.05, 4.69) is 4.98 Å². The molecule has 1 aliphatic heterocycles. The Hall–Kier alpha value is -2.89. The average Bonchev–Trinajstić information content (AvgIpc) is 3.31. The van der Waals surface area contributed by atoms with Crippen molar-refractivity contribution in [3.05, 3.63) is 59.4 Å². The van der Waals surface area contributed by atoms with E-state index in [0.717, 1.165) is 12.8 Å². The number of aromatic amines is 1. The van der Waals surface area contributed by atoms with Crippen molar-refractivity contribution in [1.82, 2.24) is 9.88 Å². The molecule has 25 heavy (non-hydrogen) atoms. The fourth-order valence-corrected chi connectivity index (χ4v) is 2.88. The summed E-state index contributed by atoms with van der Waals surface area (Å²) >= 11 is 0. The Kier molecular flexibility index (Phi) is 4.97. The number of nitrogens with one attached hydrogen (secondary N) is 1. The third kappa shape index (κ3) is 3.79. The fourth-order valence-electron chi connectivity index (χ4n) is 2.88. The zero-order chi connectivity index (χ0) is 17.8. The van der Waals surface area contributed by atoms with Crippen LogP contribution in [-0.4, -0.2) is 40.6 Å². The molecule has 1 aromatic heterocycles. The number of aromatic nitrogens is 1. The van der Waals surface area contributed by atoms with E-state index in [1.54, 1.807) is 29.2 Å². The number of carbonyl (C=O) groups excluding carboxylic acids is 3. The summed E-state index contributed by atoms with van der Waals surface area (Å²) in [6.45, 7) is 2.77. The molecule has 6 nitrogen and oxygen atoms in total. The van der Waals surface area contributed by atoms with Crippen LogP contribution < -0.4 is 0 Å². The van der Waals surface area contributed by atoms with Gasteiger partial charge in [0.15, 0.2) is 5.78 Å². The Balaban J connectivity index is 1.82. The molecule has 1 aliphatic rings. The predicted octanol–water partition coefficient (Wildman–Crippen LogP) is 2.74. The number of H-pyrrole nitrogens is 1. The third-order valence-corrected chi connectivity index (χ3v) is 4.28. The zero-order valence-electron chi connectivity index (χ0n) is 14.0. The van der Waals surface area contributed by atoms with Crippen LogP contribution in [-0.2, 0) is 9.53 Å². The van der Waals surface area contributed by atoms with Crippen LogP contribution in [0.4, 0.5) is 0 Å². The van der Waals surface area contributed by atoms with Crippen LogP contribution in [0.1, 0.15) is 52.3 Å². The molecule has 2 aromatic rings. The van der Waals surface area contributed by atoms with Gasteiger partial charge in [-0.1, -0.05) is 30.3 Å². The van der Waals surface area contributed by atoms with Crippen LogP contribution >= 0.6 is 0 Å². The molecule has 1 amide bonds. The van der Waals surface area contributed by atoms with Crippen molar-refractivity contribution >= 4 is 17.7 Å². The van der Waals surface area contributed by atoms with E-state index in [4.69, 9.17) is 4.74 Å². The number of benzene rings is 1. The van der Waals surface area contributed by atoms with Gasteiger partial charge in [-0.15, -0.1) is 0 Å². The summed E-state index contributed by atoms with van der Waals surface area (Å²) in [4.78, 5) is 41.1. The maximum Gasteiger partial charge on any atom is 0.355 e. The SMILES string of the molecule is CC(=O)c1c[nH]c(C(=O)O[C@H](C(=O)N2CCCC2)c2ccccc2)c1. The number of rotatable bonds is 5. The third-order valence-electron chi connectivity index (χ3n) is 4.28. The minimum Gasteiger partial charge on any atom is -0.443 e. The van der Waals surface area contributed by atoms with Crippen LogP contribution in [0, 0.1) is 0 Å². The van der Waals surface area contributed by atoms with Crippen LogP contribution in [0.3, 0.4) is 0 Å². The highest BCUT2D eigenvalue weighted by Crippen LogP contribution is 2.24. The molecule has 1 atom stereocenters. The molecule has 2 heterocycles. The number of ketones is 1.